The van der Waals surface area contributed by atoms with Crippen molar-refractivity contribution in [1.82, 2.24) is 10.9 Å². The Hall–Kier alpha value is -2.03. The molecule has 1 aliphatic heterocycles. The van der Waals surface area contributed by atoms with Crippen molar-refractivity contribution in [3.05, 3.63) is 63.0 Å². The van der Waals surface area contributed by atoms with Crippen molar-refractivity contribution in [1.29, 1.82) is 0 Å². The van der Waals surface area contributed by atoms with Gasteiger partial charge in [-0.05, 0) is 42.5 Å². The van der Waals surface area contributed by atoms with Crippen molar-refractivity contribution >= 4 is 55.3 Å². The second-order valence-electron chi connectivity index (χ2n) is 5.41. The summed E-state index contributed by atoms with van der Waals surface area (Å²) in [6.07, 6.45) is -0.0202. The molecule has 8 heteroatoms. The molecular formula is C17H13Br2N3O3. The van der Waals surface area contributed by atoms with Crippen LogP contribution in [0.25, 0.3) is 0 Å². The number of hydrogen-bond donors (Lipinski definition) is 2. The zero-order valence-electron chi connectivity index (χ0n) is 12.8. The predicted octanol–water partition coefficient (Wildman–Crippen LogP) is 2.78. The Kier molecular flexibility index (Phi) is 5.31. The van der Waals surface area contributed by atoms with E-state index in [4.69, 9.17) is 0 Å². The van der Waals surface area contributed by atoms with Gasteiger partial charge in [0.05, 0.1) is 12.1 Å². The van der Waals surface area contributed by atoms with Gasteiger partial charge in [0, 0.05) is 14.5 Å². The molecule has 0 saturated carbocycles. The van der Waals surface area contributed by atoms with E-state index in [1.54, 1.807) is 48.5 Å². The van der Waals surface area contributed by atoms with Gasteiger partial charge in [-0.1, -0.05) is 37.9 Å². The number of imide groups is 1. The zero-order chi connectivity index (χ0) is 18.0. The van der Waals surface area contributed by atoms with Crippen LogP contribution in [0.4, 0.5) is 5.69 Å². The van der Waals surface area contributed by atoms with E-state index >= 15 is 0 Å². The van der Waals surface area contributed by atoms with Crippen LogP contribution >= 0.6 is 31.9 Å². The van der Waals surface area contributed by atoms with Crippen molar-refractivity contribution in [3.63, 3.8) is 0 Å². The van der Waals surface area contributed by atoms with Crippen LogP contribution in [0.2, 0.25) is 0 Å². The molecule has 1 aliphatic rings. The van der Waals surface area contributed by atoms with Crippen LogP contribution in [-0.2, 0) is 9.59 Å². The molecule has 128 valence electrons. The first-order valence-corrected chi connectivity index (χ1v) is 8.98. The number of carbonyl (C=O) groups excluding carboxylic acids is 3. The van der Waals surface area contributed by atoms with E-state index in [0.717, 1.165) is 13.8 Å². The Balaban J connectivity index is 1.66. The molecule has 2 aromatic rings. The lowest BCUT2D eigenvalue weighted by molar-refractivity contribution is -0.121. The minimum Gasteiger partial charge on any atom is -0.287 e. The van der Waals surface area contributed by atoms with Gasteiger partial charge in [0.2, 0.25) is 5.91 Å². The summed E-state index contributed by atoms with van der Waals surface area (Å²) in [5, 5.41) is 0. The third-order valence-corrected chi connectivity index (χ3v) is 4.70. The fourth-order valence-corrected chi connectivity index (χ4v) is 3.12. The molecule has 0 unspecified atom stereocenters. The van der Waals surface area contributed by atoms with Gasteiger partial charge in [0.25, 0.3) is 11.8 Å². The van der Waals surface area contributed by atoms with Gasteiger partial charge in [-0.3, -0.25) is 19.8 Å². The number of nitrogens with zero attached hydrogens (tertiary/aromatic N) is 1. The van der Waals surface area contributed by atoms with Crippen molar-refractivity contribution < 1.29 is 14.4 Å². The summed E-state index contributed by atoms with van der Waals surface area (Å²) >= 11 is 6.61. The Labute approximate surface area is 160 Å². The van der Waals surface area contributed by atoms with Gasteiger partial charge in [0.15, 0.2) is 0 Å². The van der Waals surface area contributed by atoms with Crippen LogP contribution in [0.5, 0.6) is 0 Å². The highest BCUT2D eigenvalue weighted by atomic mass is 79.9. The van der Waals surface area contributed by atoms with Crippen molar-refractivity contribution in [2.45, 2.75) is 12.5 Å². The lowest BCUT2D eigenvalue weighted by Gasteiger charge is -2.16. The molecule has 0 radical (unpaired) electrons. The molecule has 2 N–H and O–H groups in total. The number of hydrazine groups is 1. The number of carbonyl (C=O) groups is 3. The Morgan fingerprint density at radius 1 is 1.04 bits per heavy atom. The number of amides is 3. The Morgan fingerprint density at radius 3 is 2.44 bits per heavy atom. The van der Waals surface area contributed by atoms with Crippen LogP contribution in [-0.4, -0.2) is 23.8 Å². The minimum atomic E-state index is -0.799. The first-order chi connectivity index (χ1) is 12.0. The number of anilines is 1. The molecule has 3 rings (SSSR count). The van der Waals surface area contributed by atoms with E-state index in [-0.39, 0.29) is 18.2 Å². The third kappa shape index (κ3) is 3.97. The molecule has 1 atom stereocenters. The number of nitrogens with one attached hydrogen (secondary N) is 2. The first-order valence-electron chi connectivity index (χ1n) is 7.39. The average Bonchev–Trinajstić information content (AvgIpc) is 2.87. The molecule has 1 saturated heterocycles. The van der Waals surface area contributed by atoms with E-state index in [1.807, 2.05) is 0 Å². The third-order valence-electron chi connectivity index (χ3n) is 3.68. The maximum Gasteiger partial charge on any atom is 0.265 e. The van der Waals surface area contributed by atoms with E-state index in [1.165, 1.54) is 0 Å². The van der Waals surface area contributed by atoms with E-state index < -0.39 is 11.9 Å². The van der Waals surface area contributed by atoms with Gasteiger partial charge in [-0.15, -0.1) is 0 Å². The monoisotopic (exact) mass is 465 g/mol. The van der Waals surface area contributed by atoms with Gasteiger partial charge in [-0.2, -0.15) is 0 Å². The number of rotatable bonds is 4. The zero-order valence-corrected chi connectivity index (χ0v) is 16.0. The molecule has 3 amide bonds. The fourth-order valence-electron chi connectivity index (χ4n) is 2.46. The molecule has 0 aliphatic carbocycles. The largest absolute Gasteiger partial charge is 0.287 e. The topological polar surface area (TPSA) is 78.5 Å². The van der Waals surface area contributed by atoms with Crippen molar-refractivity contribution in [2.75, 3.05) is 4.90 Å². The fraction of sp³-hybridized carbons (Fsp3) is 0.118. The van der Waals surface area contributed by atoms with Gasteiger partial charge in [0.1, 0.15) is 6.04 Å². The molecule has 0 bridgehead atoms. The standard InChI is InChI=1S/C17H13Br2N3O3/c18-11-4-6-13(7-5-11)22-15(23)9-14(17(22)25)20-21-16(24)10-2-1-3-12(19)8-10/h1-8,14,20H,9H2,(H,21,24)/t14-/m1/s1. The highest BCUT2D eigenvalue weighted by Gasteiger charge is 2.39. The highest BCUT2D eigenvalue weighted by molar-refractivity contribution is 9.10. The summed E-state index contributed by atoms with van der Waals surface area (Å²) in [4.78, 5) is 37.9. The molecular weight excluding hydrogens is 454 g/mol. The lowest BCUT2D eigenvalue weighted by Crippen LogP contribution is -2.48. The van der Waals surface area contributed by atoms with Crippen LogP contribution in [0.3, 0.4) is 0 Å². The maximum atomic E-state index is 12.5. The molecule has 0 aromatic heterocycles. The summed E-state index contributed by atoms with van der Waals surface area (Å²) in [5.41, 5.74) is 6.07. The summed E-state index contributed by atoms with van der Waals surface area (Å²) < 4.78 is 1.62. The van der Waals surface area contributed by atoms with Gasteiger partial charge in [-0.25, -0.2) is 10.3 Å². The maximum absolute atomic E-state index is 12.5. The first kappa shape index (κ1) is 17.8. The SMILES string of the molecule is O=C(NN[C@@H]1CC(=O)N(c2ccc(Br)cc2)C1=O)c1cccc(Br)c1. The molecule has 2 aromatic carbocycles. The molecule has 1 heterocycles. The van der Waals surface area contributed by atoms with Crippen molar-refractivity contribution in [2.24, 2.45) is 0 Å². The minimum absolute atomic E-state index is 0.0202. The van der Waals surface area contributed by atoms with Crippen LogP contribution < -0.4 is 15.8 Å². The van der Waals surface area contributed by atoms with Gasteiger partial charge >= 0.3 is 0 Å². The quantitative estimate of drug-likeness (QED) is 0.536. The van der Waals surface area contributed by atoms with Crippen LogP contribution in [0.1, 0.15) is 16.8 Å². The highest BCUT2D eigenvalue weighted by Crippen LogP contribution is 2.24. The smallest absolute Gasteiger partial charge is 0.265 e. The lowest BCUT2D eigenvalue weighted by atomic mass is 10.2. The molecule has 25 heavy (non-hydrogen) atoms. The second kappa shape index (κ2) is 7.47. The molecule has 1 fully saturated rings. The molecule has 6 nitrogen and oxygen atoms in total. The predicted molar refractivity (Wildman–Crippen MR) is 99.8 cm³/mol. The molecule has 0 spiro atoms. The second-order valence-corrected chi connectivity index (χ2v) is 7.24. The average molecular weight is 467 g/mol. The van der Waals surface area contributed by atoms with E-state index in [2.05, 4.69) is 42.7 Å². The Morgan fingerprint density at radius 2 is 1.76 bits per heavy atom. The summed E-state index contributed by atoms with van der Waals surface area (Å²) in [7, 11) is 0. The van der Waals surface area contributed by atoms with E-state index in [0.29, 0.717) is 11.3 Å². The van der Waals surface area contributed by atoms with E-state index in [9.17, 15) is 14.4 Å². The summed E-state index contributed by atoms with van der Waals surface area (Å²) in [6, 6.07) is 12.9. The Bertz CT molecular complexity index is 839. The summed E-state index contributed by atoms with van der Waals surface area (Å²) in [6.45, 7) is 0. The number of benzene rings is 2. The van der Waals surface area contributed by atoms with Gasteiger partial charge < -0.3 is 0 Å². The van der Waals surface area contributed by atoms with Crippen molar-refractivity contribution in [3.8, 4) is 0 Å². The summed E-state index contributed by atoms with van der Waals surface area (Å²) in [5.74, 6) is -1.10. The number of halogens is 2. The van der Waals surface area contributed by atoms with Crippen LogP contribution in [0.15, 0.2) is 57.5 Å². The normalized spacial score (nSPS) is 17.0. The van der Waals surface area contributed by atoms with Crippen LogP contribution in [0, 0.1) is 0 Å². The number of hydrogen-bond acceptors (Lipinski definition) is 4.